The summed E-state index contributed by atoms with van der Waals surface area (Å²) < 4.78 is 36.2. The van der Waals surface area contributed by atoms with Crippen molar-refractivity contribution >= 4 is 19.5 Å². The number of Topliss-reactive ketones (excluding diaryl/α,β-unsaturated/α-hetero) is 1. The van der Waals surface area contributed by atoms with Gasteiger partial charge in [-0.2, -0.15) is 5.09 Å². The lowest BCUT2D eigenvalue weighted by atomic mass is 10.1. The van der Waals surface area contributed by atoms with Crippen molar-refractivity contribution in [2.75, 3.05) is 13.7 Å². The van der Waals surface area contributed by atoms with Crippen LogP contribution in [-0.4, -0.2) is 47.2 Å². The van der Waals surface area contributed by atoms with Crippen LogP contribution in [0.25, 0.3) is 0 Å². The van der Waals surface area contributed by atoms with Crippen molar-refractivity contribution in [3.63, 3.8) is 0 Å². The molecule has 2 heterocycles. The molecule has 0 saturated heterocycles. The molecule has 0 radical (unpaired) electrons. The van der Waals surface area contributed by atoms with Crippen LogP contribution in [0, 0.1) is 6.92 Å². The second-order valence-electron chi connectivity index (χ2n) is 7.77. The third kappa shape index (κ3) is 6.64. The number of esters is 1. The highest BCUT2D eigenvalue weighted by atomic mass is 31.2. The number of aryl methyl sites for hydroxylation is 1. The van der Waals surface area contributed by atoms with Crippen LogP contribution < -0.4 is 20.9 Å². The molecule has 188 valence electrons. The molecular weight excluding hydrogens is 481 g/mol. The number of hydrogen-bond acceptors (Lipinski definition) is 9. The second-order valence-corrected chi connectivity index (χ2v) is 9.47. The maximum Gasteiger partial charge on any atom is 0.459 e. The minimum Gasteiger partial charge on any atom is -0.468 e. The second kappa shape index (κ2) is 11.0. The number of ketones is 1. The number of methoxy groups -OCH3 is 1. The van der Waals surface area contributed by atoms with E-state index in [1.807, 2.05) is 0 Å². The average molecular weight is 507 g/mol. The lowest BCUT2D eigenvalue weighted by Gasteiger charge is -2.24. The normalized spacial score (nSPS) is 19.7. The highest BCUT2D eigenvalue weighted by Crippen LogP contribution is 2.45. The van der Waals surface area contributed by atoms with Crippen molar-refractivity contribution in [1.29, 1.82) is 0 Å². The first-order valence-electron chi connectivity index (χ1n) is 10.6. The van der Waals surface area contributed by atoms with E-state index in [1.54, 1.807) is 31.2 Å². The van der Waals surface area contributed by atoms with Gasteiger partial charge in [0, 0.05) is 17.3 Å². The van der Waals surface area contributed by atoms with Gasteiger partial charge in [0.15, 0.2) is 12.0 Å². The molecule has 0 bridgehead atoms. The molecule has 3 rings (SSSR count). The number of benzene rings is 1. The smallest absolute Gasteiger partial charge is 0.459 e. The van der Waals surface area contributed by atoms with E-state index >= 15 is 0 Å². The van der Waals surface area contributed by atoms with Gasteiger partial charge in [-0.15, -0.1) is 0 Å². The summed E-state index contributed by atoms with van der Waals surface area (Å²) in [4.78, 5) is 49.5. The van der Waals surface area contributed by atoms with E-state index in [-0.39, 0.29) is 18.1 Å². The van der Waals surface area contributed by atoms with Gasteiger partial charge < -0.3 is 14.0 Å². The Kier molecular flexibility index (Phi) is 8.23. The Balaban J connectivity index is 1.74. The molecule has 2 N–H and O–H groups in total. The number of carbonyl (C=O) groups excluding carboxylic acids is 2. The summed E-state index contributed by atoms with van der Waals surface area (Å²) in [6.45, 7) is 4.08. The van der Waals surface area contributed by atoms with Crippen molar-refractivity contribution in [2.24, 2.45) is 0 Å². The topological polar surface area (TPSA) is 155 Å². The van der Waals surface area contributed by atoms with E-state index in [9.17, 15) is 23.7 Å². The number of aromatic amines is 1. The van der Waals surface area contributed by atoms with E-state index in [4.69, 9.17) is 13.8 Å². The molecule has 13 heteroatoms. The standard InChI is InChI=1S/C22H26N3O9P/c1-13-11-25(22(29)23-20(13)27)19-9-8-18(33-19)12-32-35(30,24-14(2)21(28)31-4)34-17-7-5-6-16(10-17)15(3)26/h5-11,14,18-19H,12H2,1-4H3,(H,24,30)(H,23,27,29). The quantitative estimate of drug-likeness (QED) is 0.211. The maximum atomic E-state index is 13.5. The van der Waals surface area contributed by atoms with Crippen molar-refractivity contribution < 1.29 is 32.7 Å². The predicted molar refractivity (Wildman–Crippen MR) is 124 cm³/mol. The summed E-state index contributed by atoms with van der Waals surface area (Å²) in [7, 11) is -2.99. The molecule has 4 atom stereocenters. The van der Waals surface area contributed by atoms with Crippen LogP contribution in [0.3, 0.4) is 0 Å². The summed E-state index contributed by atoms with van der Waals surface area (Å²) in [6.07, 6.45) is 3.01. The average Bonchev–Trinajstić information content (AvgIpc) is 3.28. The zero-order chi connectivity index (χ0) is 25.8. The van der Waals surface area contributed by atoms with Crippen molar-refractivity contribution in [3.8, 4) is 5.75 Å². The lowest BCUT2D eigenvalue weighted by Crippen LogP contribution is -2.35. The summed E-state index contributed by atoms with van der Waals surface area (Å²) in [6, 6.07) is 4.97. The monoisotopic (exact) mass is 507 g/mol. The molecule has 35 heavy (non-hydrogen) atoms. The predicted octanol–water partition coefficient (Wildman–Crippen LogP) is 1.86. The number of nitrogens with one attached hydrogen (secondary N) is 2. The van der Waals surface area contributed by atoms with Gasteiger partial charge in [-0.1, -0.05) is 18.2 Å². The maximum absolute atomic E-state index is 13.5. The molecule has 1 aromatic carbocycles. The molecule has 12 nitrogen and oxygen atoms in total. The Morgan fingerprint density at radius 1 is 1.29 bits per heavy atom. The number of hydrogen-bond donors (Lipinski definition) is 2. The van der Waals surface area contributed by atoms with E-state index in [2.05, 4.69) is 14.8 Å². The summed E-state index contributed by atoms with van der Waals surface area (Å²) in [5.74, 6) is -0.827. The molecule has 0 amide bonds. The zero-order valence-electron chi connectivity index (χ0n) is 19.5. The number of nitrogens with zero attached hydrogens (tertiary/aromatic N) is 1. The molecular formula is C22H26N3O9P. The summed E-state index contributed by atoms with van der Waals surface area (Å²) >= 11 is 0. The minimum atomic E-state index is -4.17. The molecule has 1 aliphatic heterocycles. The Hall–Kier alpha value is -3.31. The lowest BCUT2D eigenvalue weighted by molar-refractivity contribution is -0.142. The van der Waals surface area contributed by atoms with Gasteiger partial charge in [0.2, 0.25) is 0 Å². The van der Waals surface area contributed by atoms with Crippen molar-refractivity contribution in [3.05, 3.63) is 74.6 Å². The number of carbonyl (C=O) groups is 2. The largest absolute Gasteiger partial charge is 0.468 e. The van der Waals surface area contributed by atoms with Gasteiger partial charge in [0.25, 0.3) is 5.56 Å². The van der Waals surface area contributed by atoms with Crippen LogP contribution in [0.4, 0.5) is 0 Å². The Labute approximate surface area is 200 Å². The number of H-pyrrole nitrogens is 1. The third-order valence-electron chi connectivity index (χ3n) is 5.01. The van der Waals surface area contributed by atoms with Crippen molar-refractivity contribution in [1.82, 2.24) is 14.6 Å². The Morgan fingerprint density at radius 2 is 2.03 bits per heavy atom. The van der Waals surface area contributed by atoms with E-state index in [1.165, 1.54) is 43.9 Å². The fourth-order valence-corrected chi connectivity index (χ4v) is 4.65. The highest BCUT2D eigenvalue weighted by Gasteiger charge is 2.34. The molecule has 2 aromatic rings. The van der Waals surface area contributed by atoms with Gasteiger partial charge in [-0.05, 0) is 39.0 Å². The fraction of sp³-hybridized carbons (Fsp3) is 0.364. The first-order chi connectivity index (χ1) is 16.5. The third-order valence-corrected chi connectivity index (χ3v) is 6.65. The zero-order valence-corrected chi connectivity index (χ0v) is 20.4. The molecule has 4 unspecified atom stereocenters. The first-order valence-corrected chi connectivity index (χ1v) is 12.1. The van der Waals surface area contributed by atoms with Crippen LogP contribution in [0.5, 0.6) is 5.75 Å². The minimum absolute atomic E-state index is 0.0848. The Bertz CT molecular complexity index is 1300. The number of rotatable bonds is 10. The molecule has 0 saturated carbocycles. The van der Waals surface area contributed by atoms with Crippen molar-refractivity contribution in [2.45, 2.75) is 39.1 Å². The number of ether oxygens (including phenoxy) is 2. The molecule has 0 fully saturated rings. The van der Waals surface area contributed by atoms with Crippen LogP contribution >= 0.6 is 7.75 Å². The van der Waals surface area contributed by atoms with Crippen LogP contribution in [-0.2, 0) is 23.4 Å². The summed E-state index contributed by atoms with van der Waals surface area (Å²) in [5, 5.41) is 2.51. The fourth-order valence-electron chi connectivity index (χ4n) is 3.16. The van der Waals surface area contributed by atoms with Gasteiger partial charge in [0.1, 0.15) is 17.9 Å². The number of aromatic nitrogens is 2. The van der Waals surface area contributed by atoms with Gasteiger partial charge >= 0.3 is 19.4 Å². The van der Waals surface area contributed by atoms with E-state index < -0.39 is 43.3 Å². The first kappa shape index (κ1) is 26.3. The van der Waals surface area contributed by atoms with Gasteiger partial charge in [-0.3, -0.25) is 28.5 Å². The van der Waals surface area contributed by atoms with Gasteiger partial charge in [-0.25, -0.2) is 9.36 Å². The van der Waals surface area contributed by atoms with Crippen LogP contribution in [0.15, 0.2) is 52.2 Å². The summed E-state index contributed by atoms with van der Waals surface area (Å²) in [5.41, 5.74) is -0.481. The van der Waals surface area contributed by atoms with E-state index in [0.717, 1.165) is 0 Å². The van der Waals surface area contributed by atoms with Crippen LogP contribution in [0.2, 0.25) is 0 Å². The highest BCUT2D eigenvalue weighted by molar-refractivity contribution is 7.52. The molecule has 1 aromatic heterocycles. The SMILES string of the molecule is COC(=O)C(C)NP(=O)(OCC1C=CC(n2cc(C)c(=O)[nH]c2=O)O1)Oc1cccc(C(C)=O)c1. The molecule has 1 aliphatic rings. The van der Waals surface area contributed by atoms with Gasteiger partial charge in [0.05, 0.1) is 13.7 Å². The Morgan fingerprint density at radius 3 is 2.71 bits per heavy atom. The van der Waals surface area contributed by atoms with Crippen LogP contribution in [0.1, 0.15) is 36.0 Å². The molecule has 0 spiro atoms. The molecule has 0 aliphatic carbocycles. The van der Waals surface area contributed by atoms with E-state index in [0.29, 0.717) is 11.1 Å².